The predicted octanol–water partition coefficient (Wildman–Crippen LogP) is 6.75. The summed E-state index contributed by atoms with van der Waals surface area (Å²) in [7, 11) is 0. The second-order valence-corrected chi connectivity index (χ2v) is 7.30. The maximum atomic E-state index is 11.8. The van der Waals surface area contributed by atoms with Crippen LogP contribution in [0.1, 0.15) is 0 Å². The second kappa shape index (κ2) is 6.12. The Labute approximate surface area is 172 Å². The first-order chi connectivity index (χ1) is 14.7. The fourth-order valence-corrected chi connectivity index (χ4v) is 4.54. The molecule has 0 N–H and O–H groups in total. The number of nitro benzene ring substituents is 1. The van der Waals surface area contributed by atoms with Crippen LogP contribution in [0.15, 0.2) is 91.1 Å². The fourth-order valence-electron chi connectivity index (χ4n) is 4.54. The van der Waals surface area contributed by atoms with Crippen molar-refractivity contribution in [1.29, 1.82) is 0 Å². The molecule has 142 valence electrons. The van der Waals surface area contributed by atoms with Crippen LogP contribution in [0, 0.1) is 10.1 Å². The Kier molecular flexibility index (Phi) is 3.40. The van der Waals surface area contributed by atoms with E-state index in [0.29, 0.717) is 5.39 Å². The molecule has 0 saturated heterocycles. The first-order valence-corrected chi connectivity index (χ1v) is 9.67. The van der Waals surface area contributed by atoms with Crippen molar-refractivity contribution in [3.63, 3.8) is 0 Å². The molecule has 0 fully saturated rings. The van der Waals surface area contributed by atoms with Gasteiger partial charge in [0.05, 0.1) is 21.7 Å². The van der Waals surface area contributed by atoms with Crippen molar-refractivity contribution in [2.75, 3.05) is 4.90 Å². The minimum Gasteiger partial charge on any atom is -0.294 e. The summed E-state index contributed by atoms with van der Waals surface area (Å²) in [5.74, 6) is 0.811. The van der Waals surface area contributed by atoms with Gasteiger partial charge in [-0.15, -0.1) is 0 Å². The Morgan fingerprint density at radius 1 is 0.767 bits per heavy atom. The third-order valence-electron chi connectivity index (χ3n) is 5.71. The minimum absolute atomic E-state index is 0.124. The molecule has 0 amide bonds. The van der Waals surface area contributed by atoms with Gasteiger partial charge in [-0.3, -0.25) is 15.0 Å². The molecule has 1 aromatic heterocycles. The van der Waals surface area contributed by atoms with E-state index in [1.807, 2.05) is 54.6 Å². The van der Waals surface area contributed by atoms with Crippen LogP contribution in [0.4, 0.5) is 22.9 Å². The van der Waals surface area contributed by atoms with Crippen LogP contribution >= 0.6 is 0 Å². The van der Waals surface area contributed by atoms with E-state index in [1.54, 1.807) is 18.3 Å². The van der Waals surface area contributed by atoms with Gasteiger partial charge in [-0.1, -0.05) is 54.6 Å². The summed E-state index contributed by atoms with van der Waals surface area (Å²) in [6.45, 7) is 0. The monoisotopic (exact) mass is 389 g/mol. The highest BCUT2D eigenvalue weighted by molar-refractivity contribution is 6.23. The largest absolute Gasteiger partial charge is 0.294 e. The molecule has 0 bridgehead atoms. The lowest BCUT2D eigenvalue weighted by Gasteiger charge is -2.33. The highest BCUT2D eigenvalue weighted by atomic mass is 16.6. The van der Waals surface area contributed by atoms with Gasteiger partial charge in [0.2, 0.25) is 0 Å². The molecule has 0 radical (unpaired) electrons. The van der Waals surface area contributed by atoms with Crippen molar-refractivity contribution in [2.45, 2.75) is 0 Å². The molecule has 5 aromatic rings. The Morgan fingerprint density at radius 3 is 2.40 bits per heavy atom. The maximum Gasteiger partial charge on any atom is 0.277 e. The Balaban J connectivity index is 1.84. The number of rotatable bonds is 2. The van der Waals surface area contributed by atoms with E-state index < -0.39 is 0 Å². The molecule has 2 heterocycles. The molecule has 0 spiro atoms. The van der Waals surface area contributed by atoms with Crippen molar-refractivity contribution in [3.05, 3.63) is 101 Å². The standard InChI is InChI=1S/C25H15N3O2/c29-28(30)21-12-5-7-16-15-22-25-18(9-6-10-19(25)24(16)21)17-8-1-2-11-20(17)27(22)23-13-3-4-14-26-23/h1-15H. The van der Waals surface area contributed by atoms with Gasteiger partial charge >= 0.3 is 0 Å². The lowest BCUT2D eigenvalue weighted by Crippen LogP contribution is -2.16. The van der Waals surface area contributed by atoms with Crippen LogP contribution in [0.2, 0.25) is 0 Å². The van der Waals surface area contributed by atoms with Crippen molar-refractivity contribution < 1.29 is 4.92 Å². The third kappa shape index (κ3) is 2.20. The molecular weight excluding hydrogens is 374 g/mol. The first-order valence-electron chi connectivity index (χ1n) is 9.67. The molecule has 1 aliphatic rings. The zero-order chi connectivity index (χ0) is 20.2. The zero-order valence-corrected chi connectivity index (χ0v) is 15.8. The maximum absolute atomic E-state index is 11.8. The van der Waals surface area contributed by atoms with E-state index in [0.717, 1.165) is 44.5 Å². The number of hydrogen-bond acceptors (Lipinski definition) is 4. The predicted molar refractivity (Wildman–Crippen MR) is 120 cm³/mol. The van der Waals surface area contributed by atoms with Crippen molar-refractivity contribution in [1.82, 2.24) is 4.98 Å². The average molecular weight is 389 g/mol. The van der Waals surface area contributed by atoms with Gasteiger partial charge in [0.25, 0.3) is 5.69 Å². The van der Waals surface area contributed by atoms with E-state index in [4.69, 9.17) is 0 Å². The number of aromatic nitrogens is 1. The lowest BCUT2D eigenvalue weighted by molar-refractivity contribution is -0.383. The Morgan fingerprint density at radius 2 is 1.57 bits per heavy atom. The molecule has 5 heteroatoms. The van der Waals surface area contributed by atoms with Gasteiger partial charge in [-0.2, -0.15) is 0 Å². The number of para-hydroxylation sites is 1. The van der Waals surface area contributed by atoms with Crippen LogP contribution in [0.25, 0.3) is 32.7 Å². The van der Waals surface area contributed by atoms with E-state index in [1.165, 1.54) is 0 Å². The van der Waals surface area contributed by atoms with Gasteiger partial charge in [-0.05, 0) is 40.6 Å². The van der Waals surface area contributed by atoms with Crippen LogP contribution in [0.3, 0.4) is 0 Å². The summed E-state index contributed by atoms with van der Waals surface area (Å²) in [6, 6.07) is 27.4. The number of nitrogens with zero attached hydrogens (tertiary/aromatic N) is 3. The summed E-state index contributed by atoms with van der Waals surface area (Å²) in [4.78, 5) is 18.2. The van der Waals surface area contributed by atoms with Crippen molar-refractivity contribution in [3.8, 4) is 11.1 Å². The summed E-state index contributed by atoms with van der Waals surface area (Å²) < 4.78 is 0. The fraction of sp³-hybridized carbons (Fsp3) is 0. The number of benzene rings is 4. The quantitative estimate of drug-likeness (QED) is 0.187. The minimum atomic E-state index is -0.301. The summed E-state index contributed by atoms with van der Waals surface area (Å²) in [5.41, 5.74) is 4.30. The topological polar surface area (TPSA) is 59.3 Å². The van der Waals surface area contributed by atoms with E-state index in [-0.39, 0.29) is 10.6 Å². The molecule has 0 aliphatic carbocycles. The molecule has 6 rings (SSSR count). The van der Waals surface area contributed by atoms with Crippen LogP contribution in [-0.2, 0) is 0 Å². The molecule has 4 aromatic carbocycles. The van der Waals surface area contributed by atoms with Gasteiger partial charge < -0.3 is 0 Å². The summed E-state index contributed by atoms with van der Waals surface area (Å²) >= 11 is 0. The molecule has 5 nitrogen and oxygen atoms in total. The number of non-ortho nitro benzene ring substituents is 1. The Bertz CT molecular complexity index is 1480. The van der Waals surface area contributed by atoms with Gasteiger partial charge in [0.1, 0.15) is 5.82 Å². The van der Waals surface area contributed by atoms with Crippen LogP contribution in [0.5, 0.6) is 0 Å². The number of anilines is 3. The van der Waals surface area contributed by atoms with Crippen molar-refractivity contribution >= 4 is 44.4 Å². The normalized spacial score (nSPS) is 12.2. The number of nitro groups is 1. The molecule has 30 heavy (non-hydrogen) atoms. The summed E-state index contributed by atoms with van der Waals surface area (Å²) in [5, 5.41) is 15.2. The molecule has 1 aliphatic heterocycles. The molecule has 0 atom stereocenters. The smallest absolute Gasteiger partial charge is 0.277 e. The molecule has 0 saturated carbocycles. The number of fused-ring (bicyclic) bond motifs is 4. The zero-order valence-electron chi connectivity index (χ0n) is 15.8. The third-order valence-corrected chi connectivity index (χ3v) is 5.71. The van der Waals surface area contributed by atoms with Crippen LogP contribution < -0.4 is 4.90 Å². The number of hydrogen-bond donors (Lipinski definition) is 0. The Hall–Kier alpha value is -4.25. The SMILES string of the molecule is O=[N+]([O-])c1cccc2cc3c4c(cccc4c12)-c1ccccc1N3c1ccccn1. The van der Waals surface area contributed by atoms with Gasteiger partial charge in [0.15, 0.2) is 0 Å². The molecule has 0 unspecified atom stereocenters. The van der Waals surface area contributed by atoms with E-state index in [9.17, 15) is 10.1 Å². The van der Waals surface area contributed by atoms with E-state index in [2.05, 4.69) is 28.1 Å². The second-order valence-electron chi connectivity index (χ2n) is 7.30. The van der Waals surface area contributed by atoms with Crippen molar-refractivity contribution in [2.24, 2.45) is 0 Å². The van der Waals surface area contributed by atoms with E-state index >= 15 is 0 Å². The first kappa shape index (κ1) is 16.7. The number of pyridine rings is 1. The average Bonchev–Trinajstić information content (AvgIpc) is 2.79. The highest BCUT2D eigenvalue weighted by Crippen LogP contribution is 2.52. The molecular formula is C25H15N3O2. The highest BCUT2D eigenvalue weighted by Gasteiger charge is 2.28. The summed E-state index contributed by atoms with van der Waals surface area (Å²) in [6.07, 6.45) is 1.78. The lowest BCUT2D eigenvalue weighted by atomic mass is 9.88. The van der Waals surface area contributed by atoms with Gasteiger partial charge in [-0.25, -0.2) is 4.98 Å². The van der Waals surface area contributed by atoms with Crippen LogP contribution in [-0.4, -0.2) is 9.91 Å². The van der Waals surface area contributed by atoms with Gasteiger partial charge in [0, 0.05) is 23.2 Å².